The van der Waals surface area contributed by atoms with Crippen molar-refractivity contribution in [3.8, 4) is 0 Å². The van der Waals surface area contributed by atoms with E-state index in [0.717, 1.165) is 4.90 Å². The van der Waals surface area contributed by atoms with E-state index >= 15 is 0 Å². The lowest BCUT2D eigenvalue weighted by molar-refractivity contribution is -0.162. The minimum Gasteiger partial charge on any atom is -0.373 e. The summed E-state index contributed by atoms with van der Waals surface area (Å²) in [6.45, 7) is 4.97. The first-order valence-electron chi connectivity index (χ1n) is 5.07. The number of amides is 1. The Balaban J connectivity index is 2.95. The molecule has 2 N–H and O–H groups in total. The quantitative estimate of drug-likeness (QED) is 0.685. The van der Waals surface area contributed by atoms with Crippen molar-refractivity contribution in [1.82, 2.24) is 4.90 Å². The minimum absolute atomic E-state index is 0.363. The second-order valence-corrected chi connectivity index (χ2v) is 3.70. The van der Waals surface area contributed by atoms with E-state index in [4.69, 9.17) is 0 Å². The van der Waals surface area contributed by atoms with Crippen molar-refractivity contribution in [2.24, 2.45) is 10.2 Å². The molecule has 0 spiro atoms. The van der Waals surface area contributed by atoms with Crippen LogP contribution >= 0.6 is 0 Å². The van der Waals surface area contributed by atoms with Crippen LogP contribution in [0.2, 0.25) is 0 Å². The molecule has 1 heterocycles. The highest BCUT2D eigenvalue weighted by atomic mass is 16.3. The Morgan fingerprint density at radius 1 is 1.47 bits per heavy atom. The first-order valence-corrected chi connectivity index (χ1v) is 5.07. The Morgan fingerprint density at radius 2 is 2.07 bits per heavy atom. The molecule has 0 aromatic carbocycles. The van der Waals surface area contributed by atoms with Crippen molar-refractivity contribution in [3.05, 3.63) is 0 Å². The van der Waals surface area contributed by atoms with Crippen molar-refractivity contribution in [1.29, 1.82) is 0 Å². The number of carbonyl (C=O) groups is 1. The normalized spacial score (nSPS) is 34.1. The van der Waals surface area contributed by atoms with Crippen LogP contribution in [0, 0.1) is 0 Å². The molecule has 6 nitrogen and oxygen atoms in total. The smallest absolute Gasteiger partial charge is 0.253 e. The summed E-state index contributed by atoms with van der Waals surface area (Å²) in [6, 6.07) is -1.16. The molecule has 0 bridgehead atoms. The van der Waals surface area contributed by atoms with Crippen LogP contribution in [0.4, 0.5) is 0 Å². The van der Waals surface area contributed by atoms with Gasteiger partial charge in [-0.15, -0.1) is 0 Å². The molecular formula is C9H17N3O3. The van der Waals surface area contributed by atoms with Crippen LogP contribution in [0.25, 0.3) is 0 Å². The van der Waals surface area contributed by atoms with E-state index in [2.05, 4.69) is 10.2 Å². The lowest BCUT2D eigenvalue weighted by Crippen LogP contribution is -2.52. The average molecular weight is 215 g/mol. The van der Waals surface area contributed by atoms with Crippen LogP contribution in [0.5, 0.6) is 0 Å². The topological polar surface area (TPSA) is 85.5 Å². The second-order valence-electron chi connectivity index (χ2n) is 3.70. The highest BCUT2D eigenvalue weighted by Gasteiger charge is 2.36. The number of aliphatic hydroxyl groups excluding tert-OH is 2. The molecule has 1 aliphatic heterocycles. The molecule has 0 radical (unpaired) electrons. The van der Waals surface area contributed by atoms with Crippen molar-refractivity contribution in [3.63, 3.8) is 0 Å². The van der Waals surface area contributed by atoms with Gasteiger partial charge in [-0.25, -0.2) is 0 Å². The third kappa shape index (κ3) is 2.32. The number of rotatable bonds is 2. The average Bonchev–Trinajstić information content (AvgIpc) is 2.31. The van der Waals surface area contributed by atoms with Gasteiger partial charge in [0.1, 0.15) is 18.3 Å². The predicted molar refractivity (Wildman–Crippen MR) is 52.9 cm³/mol. The first-order chi connectivity index (χ1) is 6.99. The third-order valence-corrected chi connectivity index (χ3v) is 2.44. The van der Waals surface area contributed by atoms with Crippen molar-refractivity contribution >= 4 is 5.91 Å². The molecule has 0 aliphatic carbocycles. The van der Waals surface area contributed by atoms with E-state index < -0.39 is 30.4 Å². The van der Waals surface area contributed by atoms with Gasteiger partial charge in [0.25, 0.3) is 5.91 Å². The molecule has 0 fully saturated rings. The lowest BCUT2D eigenvalue weighted by Gasteiger charge is -2.32. The maximum absolute atomic E-state index is 11.8. The summed E-state index contributed by atoms with van der Waals surface area (Å²) in [6.07, 6.45) is -1.73. The van der Waals surface area contributed by atoms with Crippen LogP contribution in [0.3, 0.4) is 0 Å². The zero-order valence-electron chi connectivity index (χ0n) is 9.16. The summed E-state index contributed by atoms with van der Waals surface area (Å²) in [5, 5.41) is 27.0. The highest BCUT2D eigenvalue weighted by Crippen LogP contribution is 2.17. The second kappa shape index (κ2) is 4.67. The fourth-order valence-electron chi connectivity index (χ4n) is 1.41. The molecule has 86 valence electrons. The maximum Gasteiger partial charge on any atom is 0.253 e. The molecule has 15 heavy (non-hydrogen) atoms. The van der Waals surface area contributed by atoms with Gasteiger partial charge in [0.15, 0.2) is 6.23 Å². The Morgan fingerprint density at radius 3 is 2.60 bits per heavy atom. The predicted octanol–water partition coefficient (Wildman–Crippen LogP) is 0.105. The van der Waals surface area contributed by atoms with Gasteiger partial charge in [-0.3, -0.25) is 9.69 Å². The van der Waals surface area contributed by atoms with Gasteiger partial charge in [0, 0.05) is 0 Å². The van der Waals surface area contributed by atoms with Gasteiger partial charge in [-0.2, -0.15) is 10.2 Å². The molecule has 1 rings (SSSR count). The Bertz CT molecular complexity index is 269. The molecule has 4 unspecified atom stereocenters. The summed E-state index contributed by atoms with van der Waals surface area (Å²) in [5.41, 5.74) is 0. The summed E-state index contributed by atoms with van der Waals surface area (Å²) in [7, 11) is 0. The van der Waals surface area contributed by atoms with Crippen molar-refractivity contribution < 1.29 is 15.0 Å². The molecule has 6 heteroatoms. The number of azo groups is 1. The van der Waals surface area contributed by atoms with Gasteiger partial charge >= 0.3 is 0 Å². The zero-order valence-corrected chi connectivity index (χ0v) is 9.16. The monoisotopic (exact) mass is 215 g/mol. The van der Waals surface area contributed by atoms with Gasteiger partial charge in [-0.05, 0) is 20.3 Å². The minimum atomic E-state index is -1.11. The summed E-state index contributed by atoms with van der Waals surface area (Å²) in [4.78, 5) is 12.8. The fraction of sp³-hybridized carbons (Fsp3) is 0.889. The van der Waals surface area contributed by atoms with Crippen LogP contribution in [0.1, 0.15) is 27.2 Å². The number of hydrogen-bond acceptors (Lipinski definition) is 5. The van der Waals surface area contributed by atoms with E-state index in [1.165, 1.54) is 0 Å². The summed E-state index contributed by atoms with van der Waals surface area (Å²) in [5.74, 6) is -0.398. The number of aliphatic hydroxyl groups is 2. The molecular weight excluding hydrogens is 198 g/mol. The van der Waals surface area contributed by atoms with Crippen molar-refractivity contribution in [2.75, 3.05) is 0 Å². The summed E-state index contributed by atoms with van der Waals surface area (Å²) >= 11 is 0. The van der Waals surface area contributed by atoms with Crippen LogP contribution in [0.15, 0.2) is 10.2 Å². The molecule has 1 aliphatic rings. The zero-order chi connectivity index (χ0) is 11.6. The Kier molecular flexibility index (Phi) is 3.76. The molecule has 0 saturated carbocycles. The third-order valence-electron chi connectivity index (χ3n) is 2.44. The van der Waals surface area contributed by atoms with E-state index in [1.807, 2.05) is 0 Å². The van der Waals surface area contributed by atoms with E-state index in [0.29, 0.717) is 6.42 Å². The highest BCUT2D eigenvalue weighted by molar-refractivity contribution is 5.82. The van der Waals surface area contributed by atoms with Gasteiger partial charge < -0.3 is 10.2 Å². The van der Waals surface area contributed by atoms with Gasteiger partial charge in [0.05, 0.1) is 0 Å². The van der Waals surface area contributed by atoms with Gasteiger partial charge in [-0.1, -0.05) is 6.92 Å². The molecule has 0 aromatic heterocycles. The first kappa shape index (κ1) is 12.1. The van der Waals surface area contributed by atoms with E-state index in [1.54, 1.807) is 20.8 Å². The van der Waals surface area contributed by atoms with Crippen LogP contribution < -0.4 is 0 Å². The largest absolute Gasteiger partial charge is 0.373 e. The number of carbonyl (C=O) groups excluding carboxylic acids is 1. The Labute approximate surface area is 88.6 Å². The standard InChI is InChI=1S/C9H17N3O3/c1-4-7(13)12-8(14)5(2)10-11-6(3)9(12)15/h5-8,13-14H,4H2,1-3H3. The molecule has 1 amide bonds. The van der Waals surface area contributed by atoms with Crippen LogP contribution in [-0.4, -0.2) is 45.6 Å². The maximum atomic E-state index is 11.8. The lowest BCUT2D eigenvalue weighted by atomic mass is 10.2. The number of hydrogen-bond donors (Lipinski definition) is 2. The molecule has 0 saturated heterocycles. The number of nitrogens with zero attached hydrogens (tertiary/aromatic N) is 3. The molecule has 0 aromatic rings. The van der Waals surface area contributed by atoms with E-state index in [-0.39, 0.29) is 0 Å². The summed E-state index contributed by atoms with van der Waals surface area (Å²) < 4.78 is 0. The van der Waals surface area contributed by atoms with E-state index in [9.17, 15) is 15.0 Å². The molecule has 4 atom stereocenters. The van der Waals surface area contributed by atoms with Crippen molar-refractivity contribution in [2.45, 2.75) is 51.7 Å². The Hall–Kier alpha value is -1.01. The fourth-order valence-corrected chi connectivity index (χ4v) is 1.41. The SMILES string of the molecule is CCC(O)N1C(=O)C(C)N=NC(C)C1O. The van der Waals surface area contributed by atoms with Gasteiger partial charge in [0.2, 0.25) is 0 Å². The van der Waals surface area contributed by atoms with Crippen LogP contribution in [-0.2, 0) is 4.79 Å².